The summed E-state index contributed by atoms with van der Waals surface area (Å²) in [7, 11) is 0. The highest BCUT2D eigenvalue weighted by Gasteiger charge is 2.28. The number of rotatable bonds is 7. The van der Waals surface area contributed by atoms with E-state index in [0.29, 0.717) is 30.1 Å². The van der Waals surface area contributed by atoms with Crippen molar-refractivity contribution in [2.24, 2.45) is 5.73 Å². The zero-order chi connectivity index (χ0) is 22.6. The van der Waals surface area contributed by atoms with Crippen LogP contribution in [0.15, 0.2) is 42.5 Å². The monoisotopic (exact) mass is 440 g/mol. The second-order valence-electron chi connectivity index (χ2n) is 8.54. The van der Waals surface area contributed by atoms with E-state index in [0.717, 1.165) is 28.9 Å². The molecule has 6 nitrogen and oxygen atoms in total. The van der Waals surface area contributed by atoms with E-state index in [1.165, 1.54) is 4.90 Å². The molecule has 3 rings (SSSR count). The lowest BCUT2D eigenvalue weighted by molar-refractivity contribution is -0.155. The minimum atomic E-state index is -0.570. The number of hydrogen-bond donors (Lipinski definition) is 1. The van der Waals surface area contributed by atoms with E-state index in [1.807, 2.05) is 51.1 Å². The van der Waals surface area contributed by atoms with Crippen LogP contribution in [0.3, 0.4) is 0 Å². The van der Waals surface area contributed by atoms with Gasteiger partial charge in [-0.1, -0.05) is 36.5 Å². The van der Waals surface area contributed by atoms with Gasteiger partial charge in [-0.2, -0.15) is 0 Å². The first kappa shape index (κ1) is 22.7. The maximum Gasteiger partial charge on any atom is 0.326 e. The van der Waals surface area contributed by atoms with Gasteiger partial charge in [0.25, 0.3) is 5.91 Å². The molecule has 31 heavy (non-hydrogen) atoms. The standard InChI is InChI=1S/C24H28N2O4S/c1-24(2,3)30-21(27)15-26-12-10-18-14-19(8-9-20(18)23(26)28)29-13-11-16-4-6-17(7-5-16)22(25)31/h4-9,14H,10-13,15H2,1-3H3,(H2,25,31). The van der Waals surface area contributed by atoms with Crippen molar-refractivity contribution in [1.29, 1.82) is 0 Å². The Labute approximate surface area is 188 Å². The molecule has 0 radical (unpaired) electrons. The van der Waals surface area contributed by atoms with Crippen molar-refractivity contribution in [2.75, 3.05) is 19.7 Å². The molecular weight excluding hydrogens is 412 g/mol. The molecule has 0 unspecified atom stereocenters. The number of thiocarbonyl (C=S) groups is 1. The molecule has 1 amide bonds. The number of ether oxygens (including phenoxy) is 2. The number of fused-ring (bicyclic) bond motifs is 1. The number of carbonyl (C=O) groups excluding carboxylic acids is 2. The number of nitrogens with two attached hydrogens (primary N) is 1. The SMILES string of the molecule is CC(C)(C)OC(=O)CN1CCc2cc(OCCc3ccc(C(N)=S)cc3)ccc2C1=O. The van der Waals surface area contributed by atoms with Crippen LogP contribution in [0.25, 0.3) is 0 Å². The molecule has 0 bridgehead atoms. The summed E-state index contributed by atoms with van der Waals surface area (Å²) in [4.78, 5) is 26.8. The van der Waals surface area contributed by atoms with Crippen molar-refractivity contribution >= 4 is 29.1 Å². The van der Waals surface area contributed by atoms with E-state index in [2.05, 4.69) is 0 Å². The van der Waals surface area contributed by atoms with Gasteiger partial charge < -0.3 is 20.1 Å². The molecular formula is C24H28N2O4S. The zero-order valence-corrected chi connectivity index (χ0v) is 19.0. The molecule has 0 spiro atoms. The van der Waals surface area contributed by atoms with Crippen molar-refractivity contribution in [3.8, 4) is 5.75 Å². The predicted molar refractivity (Wildman–Crippen MR) is 123 cm³/mol. The second kappa shape index (κ2) is 9.47. The van der Waals surface area contributed by atoms with Crippen LogP contribution in [0.1, 0.15) is 47.8 Å². The van der Waals surface area contributed by atoms with Crippen LogP contribution < -0.4 is 10.5 Å². The van der Waals surface area contributed by atoms with Gasteiger partial charge in [0.2, 0.25) is 0 Å². The summed E-state index contributed by atoms with van der Waals surface area (Å²) < 4.78 is 11.2. The number of esters is 1. The van der Waals surface area contributed by atoms with Gasteiger partial charge in [0.1, 0.15) is 22.9 Å². The van der Waals surface area contributed by atoms with Gasteiger partial charge >= 0.3 is 5.97 Å². The Kier molecular flexibility index (Phi) is 6.95. The quantitative estimate of drug-likeness (QED) is 0.526. The van der Waals surface area contributed by atoms with Gasteiger partial charge in [-0.05, 0) is 56.5 Å². The lowest BCUT2D eigenvalue weighted by atomic mass is 9.98. The van der Waals surface area contributed by atoms with Gasteiger partial charge in [-0.15, -0.1) is 0 Å². The third-order valence-electron chi connectivity index (χ3n) is 4.88. The summed E-state index contributed by atoms with van der Waals surface area (Å²) in [6.07, 6.45) is 1.42. The number of nitrogens with zero attached hydrogens (tertiary/aromatic N) is 1. The molecule has 164 valence electrons. The molecule has 0 atom stereocenters. The minimum Gasteiger partial charge on any atom is -0.493 e. The Bertz CT molecular complexity index is 980. The first-order valence-corrected chi connectivity index (χ1v) is 10.7. The molecule has 0 aliphatic carbocycles. The summed E-state index contributed by atoms with van der Waals surface area (Å²) in [5, 5.41) is 0. The summed E-state index contributed by atoms with van der Waals surface area (Å²) in [5.74, 6) is 0.175. The third kappa shape index (κ3) is 6.28. The van der Waals surface area contributed by atoms with E-state index in [-0.39, 0.29) is 12.5 Å². The molecule has 1 heterocycles. The van der Waals surface area contributed by atoms with Gasteiger partial charge in [0, 0.05) is 24.1 Å². The Morgan fingerprint density at radius 2 is 1.87 bits per heavy atom. The van der Waals surface area contributed by atoms with Gasteiger partial charge in [0.05, 0.1) is 6.61 Å². The van der Waals surface area contributed by atoms with Crippen LogP contribution >= 0.6 is 12.2 Å². The van der Waals surface area contributed by atoms with Crippen LogP contribution in [-0.2, 0) is 22.4 Å². The maximum absolute atomic E-state index is 12.8. The first-order valence-electron chi connectivity index (χ1n) is 10.3. The smallest absolute Gasteiger partial charge is 0.326 e. The molecule has 2 aromatic carbocycles. The Balaban J connectivity index is 1.56. The largest absolute Gasteiger partial charge is 0.493 e. The highest BCUT2D eigenvalue weighted by Crippen LogP contribution is 2.24. The van der Waals surface area contributed by atoms with Gasteiger partial charge in [0.15, 0.2) is 0 Å². The molecule has 1 aliphatic rings. The lowest BCUT2D eigenvalue weighted by Crippen LogP contribution is -2.42. The first-order chi connectivity index (χ1) is 14.6. The van der Waals surface area contributed by atoms with Crippen LogP contribution in [0.5, 0.6) is 5.75 Å². The summed E-state index contributed by atoms with van der Waals surface area (Å²) in [5.41, 5.74) is 8.57. The van der Waals surface area contributed by atoms with Gasteiger partial charge in [-0.3, -0.25) is 9.59 Å². The highest BCUT2D eigenvalue weighted by molar-refractivity contribution is 7.80. The number of carbonyl (C=O) groups is 2. The van der Waals surface area contributed by atoms with Crippen molar-refractivity contribution in [2.45, 2.75) is 39.2 Å². The molecule has 2 N–H and O–H groups in total. The fourth-order valence-electron chi connectivity index (χ4n) is 3.41. The van der Waals surface area contributed by atoms with E-state index in [1.54, 1.807) is 12.1 Å². The average molecular weight is 441 g/mol. The molecule has 7 heteroatoms. The van der Waals surface area contributed by atoms with Crippen molar-refractivity contribution in [3.05, 3.63) is 64.7 Å². The number of amides is 1. The van der Waals surface area contributed by atoms with E-state index in [9.17, 15) is 9.59 Å². The third-order valence-corrected chi connectivity index (χ3v) is 5.12. The maximum atomic E-state index is 12.8. The summed E-state index contributed by atoms with van der Waals surface area (Å²) in [6.45, 7) is 6.38. The van der Waals surface area contributed by atoms with Crippen molar-refractivity contribution in [3.63, 3.8) is 0 Å². The average Bonchev–Trinajstić information content (AvgIpc) is 2.69. The molecule has 1 aliphatic heterocycles. The number of benzene rings is 2. The van der Waals surface area contributed by atoms with E-state index in [4.69, 9.17) is 27.4 Å². The van der Waals surface area contributed by atoms with E-state index >= 15 is 0 Å². The lowest BCUT2D eigenvalue weighted by Gasteiger charge is -2.29. The van der Waals surface area contributed by atoms with Crippen LogP contribution in [0.2, 0.25) is 0 Å². The molecule has 0 fully saturated rings. The Morgan fingerprint density at radius 1 is 1.16 bits per heavy atom. The second-order valence-corrected chi connectivity index (χ2v) is 8.98. The normalized spacial score (nSPS) is 13.5. The highest BCUT2D eigenvalue weighted by atomic mass is 32.1. The minimum absolute atomic E-state index is 0.0402. The predicted octanol–water partition coefficient (Wildman–Crippen LogP) is 3.28. The summed E-state index contributed by atoms with van der Waals surface area (Å²) in [6, 6.07) is 13.3. The van der Waals surface area contributed by atoms with Crippen LogP contribution in [0, 0.1) is 0 Å². The van der Waals surface area contributed by atoms with Crippen molar-refractivity contribution in [1.82, 2.24) is 4.90 Å². The Morgan fingerprint density at radius 3 is 2.52 bits per heavy atom. The Hall–Kier alpha value is -2.93. The topological polar surface area (TPSA) is 81.9 Å². The fourth-order valence-corrected chi connectivity index (χ4v) is 3.54. The molecule has 2 aromatic rings. The van der Waals surface area contributed by atoms with Crippen LogP contribution in [-0.4, -0.2) is 47.1 Å². The zero-order valence-electron chi connectivity index (χ0n) is 18.1. The molecule has 0 aromatic heterocycles. The van der Waals surface area contributed by atoms with Gasteiger partial charge in [-0.25, -0.2) is 0 Å². The fraction of sp³-hybridized carbons (Fsp3) is 0.375. The van der Waals surface area contributed by atoms with Crippen LogP contribution in [0.4, 0.5) is 0 Å². The molecule has 0 saturated carbocycles. The number of hydrogen-bond acceptors (Lipinski definition) is 5. The van der Waals surface area contributed by atoms with Crippen molar-refractivity contribution < 1.29 is 19.1 Å². The summed E-state index contributed by atoms with van der Waals surface area (Å²) >= 11 is 4.97. The molecule has 0 saturated heterocycles. The van der Waals surface area contributed by atoms with E-state index < -0.39 is 11.6 Å².